The van der Waals surface area contributed by atoms with E-state index in [0.29, 0.717) is 0 Å². The second-order valence-electron chi connectivity index (χ2n) is 3.94. The van der Waals surface area contributed by atoms with Gasteiger partial charge in [-0.3, -0.25) is 4.52 Å². The Morgan fingerprint density at radius 3 is 2.00 bits per heavy atom. The van der Waals surface area contributed by atoms with E-state index < -0.39 is 8.69 Å². The molecule has 0 bridgehead atoms. The van der Waals surface area contributed by atoms with Crippen LogP contribution in [0.5, 0.6) is 0 Å². The van der Waals surface area contributed by atoms with Crippen molar-refractivity contribution >= 4 is 19.8 Å². The van der Waals surface area contributed by atoms with E-state index in [0.717, 1.165) is 22.3 Å². The molecule has 0 radical (unpaired) electrons. The van der Waals surface area contributed by atoms with Gasteiger partial charge in [-0.1, -0.05) is 67.2 Å². The average molecular weight is 269 g/mol. The zero-order chi connectivity index (χ0) is 13.5. The second-order valence-corrected chi connectivity index (χ2v) is 4.35. The highest BCUT2D eigenvalue weighted by Gasteiger charge is 2.09. The van der Waals surface area contributed by atoms with Crippen LogP contribution in [0.1, 0.15) is 11.1 Å². The van der Waals surface area contributed by atoms with E-state index in [1.165, 1.54) is 6.26 Å². The highest BCUT2D eigenvalue weighted by Crippen LogP contribution is 2.30. The smallest absolute Gasteiger partial charge is 0.263 e. The van der Waals surface area contributed by atoms with Gasteiger partial charge < -0.3 is 0 Å². The maximum absolute atomic E-state index is 10.6. The first-order chi connectivity index (χ1) is 9.33. The molecule has 2 aromatic carbocycles. The third kappa shape index (κ3) is 3.40. The molecule has 0 heterocycles. The summed E-state index contributed by atoms with van der Waals surface area (Å²) in [6, 6.07) is 19.6. The number of hydrogen-bond acceptors (Lipinski definition) is 2. The van der Waals surface area contributed by atoms with E-state index in [1.54, 1.807) is 0 Å². The molecule has 0 aromatic heterocycles. The molecule has 2 nitrogen and oxygen atoms in total. The van der Waals surface area contributed by atoms with Crippen molar-refractivity contribution in [3.8, 4) is 0 Å². The van der Waals surface area contributed by atoms with Crippen molar-refractivity contribution in [2.75, 3.05) is 0 Å². The molecular formula is C16H14O2P+. The van der Waals surface area contributed by atoms with Crippen molar-refractivity contribution in [2.24, 2.45) is 0 Å². The molecule has 0 aliphatic carbocycles. The lowest BCUT2D eigenvalue weighted by molar-refractivity contribution is 0.485. The Morgan fingerprint density at radius 2 is 1.47 bits per heavy atom. The fourth-order valence-corrected chi connectivity index (χ4v) is 1.97. The Kier molecular flexibility index (Phi) is 4.66. The number of hydrogen-bond donors (Lipinski definition) is 0. The summed E-state index contributed by atoms with van der Waals surface area (Å²) in [5.74, 6) is 0. The Morgan fingerprint density at radius 1 is 0.947 bits per heavy atom. The molecule has 94 valence electrons. The Labute approximate surface area is 114 Å². The quantitative estimate of drug-likeness (QED) is 0.447. The molecular weight excluding hydrogens is 255 g/mol. The molecule has 0 spiro atoms. The normalized spacial score (nSPS) is 11.3. The van der Waals surface area contributed by atoms with Crippen LogP contribution in [0.3, 0.4) is 0 Å². The van der Waals surface area contributed by atoms with Crippen LogP contribution in [0.25, 0.3) is 11.1 Å². The van der Waals surface area contributed by atoms with Gasteiger partial charge in [0.05, 0.1) is 0 Å². The van der Waals surface area contributed by atoms with E-state index in [1.807, 2.05) is 60.7 Å². The minimum absolute atomic E-state index is 0.822. The monoisotopic (exact) mass is 269 g/mol. The van der Waals surface area contributed by atoms with Crippen molar-refractivity contribution in [3.63, 3.8) is 0 Å². The predicted octanol–water partition coefficient (Wildman–Crippen LogP) is 4.70. The summed E-state index contributed by atoms with van der Waals surface area (Å²) in [4.78, 5) is 0. The molecule has 19 heavy (non-hydrogen) atoms. The summed E-state index contributed by atoms with van der Waals surface area (Å²) < 4.78 is 15.5. The molecule has 0 N–H and O–H groups in total. The van der Waals surface area contributed by atoms with E-state index in [2.05, 4.69) is 6.58 Å². The maximum Gasteiger partial charge on any atom is 0.541 e. The largest absolute Gasteiger partial charge is 0.541 e. The van der Waals surface area contributed by atoms with E-state index in [4.69, 9.17) is 4.52 Å². The molecule has 1 atom stereocenters. The van der Waals surface area contributed by atoms with Crippen LogP contribution in [-0.4, -0.2) is 0 Å². The number of allylic oxidation sites excluding steroid dienone is 2. The average Bonchev–Trinajstić information content (AvgIpc) is 2.49. The zero-order valence-electron chi connectivity index (χ0n) is 10.4. The summed E-state index contributed by atoms with van der Waals surface area (Å²) >= 11 is 0. The standard InChI is InChI=1S/C16H14O2P/c1-13(14-8-4-2-5-9-14)16(12-18-19-17)15-10-6-3-7-11-15/h2-12,19H,1H2/q+1. The van der Waals surface area contributed by atoms with Gasteiger partial charge in [0.1, 0.15) is 0 Å². The van der Waals surface area contributed by atoms with Crippen LogP contribution < -0.4 is 0 Å². The SMILES string of the molecule is C=C(C(=CO[PH+]=O)c1ccccc1)c1ccccc1. The topological polar surface area (TPSA) is 26.3 Å². The lowest BCUT2D eigenvalue weighted by Crippen LogP contribution is -1.89. The van der Waals surface area contributed by atoms with Crippen molar-refractivity contribution in [1.82, 2.24) is 0 Å². The van der Waals surface area contributed by atoms with Gasteiger partial charge >= 0.3 is 8.69 Å². The third-order valence-electron chi connectivity index (χ3n) is 2.76. The predicted molar refractivity (Wildman–Crippen MR) is 80.0 cm³/mol. The van der Waals surface area contributed by atoms with Gasteiger partial charge in [-0.2, -0.15) is 0 Å². The summed E-state index contributed by atoms with van der Waals surface area (Å²) in [5.41, 5.74) is 3.66. The molecule has 0 saturated heterocycles. The van der Waals surface area contributed by atoms with Crippen molar-refractivity contribution in [2.45, 2.75) is 0 Å². The molecule has 3 heteroatoms. The summed E-state index contributed by atoms with van der Waals surface area (Å²) in [6.07, 6.45) is 1.50. The highest BCUT2D eigenvalue weighted by atomic mass is 31.1. The molecule has 2 rings (SSSR count). The van der Waals surface area contributed by atoms with E-state index >= 15 is 0 Å². The van der Waals surface area contributed by atoms with Crippen molar-refractivity contribution in [1.29, 1.82) is 0 Å². The third-order valence-corrected chi connectivity index (χ3v) is 2.97. The molecule has 0 fully saturated rings. The number of rotatable bonds is 5. The van der Waals surface area contributed by atoms with Gasteiger partial charge in [0.15, 0.2) is 6.26 Å². The minimum atomic E-state index is -0.822. The van der Waals surface area contributed by atoms with Gasteiger partial charge in [-0.25, -0.2) is 0 Å². The van der Waals surface area contributed by atoms with Crippen LogP contribution in [0.4, 0.5) is 0 Å². The van der Waals surface area contributed by atoms with Crippen LogP contribution in [0.2, 0.25) is 0 Å². The molecule has 0 aliphatic heterocycles. The van der Waals surface area contributed by atoms with Gasteiger partial charge in [0, 0.05) is 5.57 Å². The van der Waals surface area contributed by atoms with Crippen molar-refractivity contribution < 1.29 is 9.09 Å². The summed E-state index contributed by atoms with van der Waals surface area (Å²) in [5, 5.41) is 0. The lowest BCUT2D eigenvalue weighted by Gasteiger charge is -2.09. The Hall–Kier alpha value is -2.18. The van der Waals surface area contributed by atoms with Gasteiger partial charge in [0.2, 0.25) is 0 Å². The Balaban J connectivity index is 2.40. The minimum Gasteiger partial charge on any atom is -0.263 e. The first-order valence-electron chi connectivity index (χ1n) is 5.86. The number of benzene rings is 2. The van der Waals surface area contributed by atoms with E-state index in [-0.39, 0.29) is 0 Å². The fourth-order valence-electron chi connectivity index (χ4n) is 1.81. The molecule has 1 unspecified atom stereocenters. The summed E-state index contributed by atoms with van der Waals surface area (Å²) in [7, 11) is -0.822. The van der Waals surface area contributed by atoms with Crippen LogP contribution in [0, 0.1) is 0 Å². The van der Waals surface area contributed by atoms with Gasteiger partial charge in [0.25, 0.3) is 0 Å². The Bertz CT molecular complexity index is 589. The van der Waals surface area contributed by atoms with Crippen LogP contribution in [0.15, 0.2) is 73.5 Å². The van der Waals surface area contributed by atoms with Crippen LogP contribution >= 0.6 is 8.69 Å². The maximum atomic E-state index is 10.6. The second kappa shape index (κ2) is 6.67. The summed E-state index contributed by atoms with van der Waals surface area (Å²) in [6.45, 7) is 4.11. The highest BCUT2D eigenvalue weighted by molar-refractivity contribution is 7.17. The molecule has 0 saturated carbocycles. The molecule has 2 aromatic rings. The lowest BCUT2D eigenvalue weighted by atomic mass is 9.95. The van der Waals surface area contributed by atoms with Crippen molar-refractivity contribution in [3.05, 3.63) is 84.6 Å². The van der Waals surface area contributed by atoms with Crippen LogP contribution in [-0.2, 0) is 9.09 Å². The first kappa shape index (κ1) is 13.3. The molecule has 0 aliphatic rings. The molecule has 0 amide bonds. The first-order valence-corrected chi connectivity index (χ1v) is 6.67. The fraction of sp³-hybridized carbons (Fsp3) is 0. The van der Waals surface area contributed by atoms with E-state index in [9.17, 15) is 4.57 Å². The zero-order valence-corrected chi connectivity index (χ0v) is 11.4. The van der Waals surface area contributed by atoms with Gasteiger partial charge in [-0.05, 0) is 21.3 Å². The van der Waals surface area contributed by atoms with Gasteiger partial charge in [-0.15, -0.1) is 0 Å².